The van der Waals surface area contributed by atoms with Crippen molar-refractivity contribution in [1.29, 1.82) is 0 Å². The van der Waals surface area contributed by atoms with Crippen LogP contribution < -0.4 is 4.72 Å². The molecular weight excluding hydrogens is 440 g/mol. The van der Waals surface area contributed by atoms with Crippen LogP contribution in [0.3, 0.4) is 0 Å². The highest BCUT2D eigenvalue weighted by Gasteiger charge is 2.32. The predicted molar refractivity (Wildman–Crippen MR) is 126 cm³/mol. The van der Waals surface area contributed by atoms with Gasteiger partial charge >= 0.3 is 10.2 Å². The van der Waals surface area contributed by atoms with E-state index < -0.39 is 10.2 Å². The molecule has 1 unspecified atom stereocenters. The minimum atomic E-state index is -3.73. The zero-order valence-electron chi connectivity index (χ0n) is 17.0. The fourth-order valence-electron chi connectivity index (χ4n) is 3.38. The van der Waals surface area contributed by atoms with Crippen molar-refractivity contribution in [3.8, 4) is 0 Å². The number of hydrazone groups is 1. The molecule has 1 aliphatic rings. The van der Waals surface area contributed by atoms with Crippen LogP contribution in [0.5, 0.6) is 0 Å². The van der Waals surface area contributed by atoms with Crippen LogP contribution in [-0.2, 0) is 10.2 Å². The topological polar surface area (TPSA) is 65.0 Å². The second kappa shape index (κ2) is 9.87. The average Bonchev–Trinajstić information content (AvgIpc) is 3.18. The lowest BCUT2D eigenvalue weighted by Gasteiger charge is -2.23. The van der Waals surface area contributed by atoms with Gasteiger partial charge in [0.2, 0.25) is 5.11 Å². The second-order valence-electron chi connectivity index (χ2n) is 6.94. The molecule has 0 aliphatic carbocycles. The molecule has 1 N–H and O–H groups in total. The Morgan fingerprint density at radius 3 is 2.47 bits per heavy atom. The van der Waals surface area contributed by atoms with Crippen molar-refractivity contribution in [3.63, 3.8) is 0 Å². The molecular formula is C21H25ClN4O2S2. The highest BCUT2D eigenvalue weighted by Crippen LogP contribution is 2.29. The summed E-state index contributed by atoms with van der Waals surface area (Å²) >= 11 is 11.5. The molecule has 0 amide bonds. The highest BCUT2D eigenvalue weighted by molar-refractivity contribution is 7.89. The van der Waals surface area contributed by atoms with Gasteiger partial charge in [0.15, 0.2) is 0 Å². The maximum atomic E-state index is 12.7. The first-order valence-corrected chi connectivity index (χ1v) is 12.1. The molecule has 30 heavy (non-hydrogen) atoms. The first-order valence-electron chi connectivity index (χ1n) is 9.84. The van der Waals surface area contributed by atoms with Gasteiger partial charge in [0.1, 0.15) is 0 Å². The molecule has 0 radical (unpaired) electrons. The lowest BCUT2D eigenvalue weighted by Crippen LogP contribution is -2.47. The molecule has 0 saturated heterocycles. The first kappa shape index (κ1) is 22.7. The maximum absolute atomic E-state index is 12.7. The molecule has 1 aliphatic heterocycles. The van der Waals surface area contributed by atoms with Crippen LogP contribution in [0.4, 0.5) is 0 Å². The standard InChI is InChI=1S/C21H25ClN4O2S2/c1-3-14-25(4-2)30(27,28)24-21(29)26-15-19(16-8-6-5-7-9-16)20(23-26)17-10-12-18(22)13-11-17/h5-13,19H,3-4,14-15H2,1-2H3,(H,24,29). The van der Waals surface area contributed by atoms with Crippen LogP contribution in [0.2, 0.25) is 5.02 Å². The van der Waals surface area contributed by atoms with Crippen LogP contribution in [0.15, 0.2) is 59.7 Å². The number of nitrogens with one attached hydrogen (secondary N) is 1. The van der Waals surface area contributed by atoms with E-state index in [4.69, 9.17) is 23.8 Å². The summed E-state index contributed by atoms with van der Waals surface area (Å²) in [6.45, 7) is 4.99. The second-order valence-corrected chi connectivity index (χ2v) is 9.44. The van der Waals surface area contributed by atoms with E-state index in [9.17, 15) is 8.42 Å². The van der Waals surface area contributed by atoms with Gasteiger partial charge < -0.3 is 0 Å². The largest absolute Gasteiger partial charge is 0.303 e. The molecule has 2 aromatic rings. The molecule has 0 aromatic heterocycles. The Morgan fingerprint density at radius 1 is 1.20 bits per heavy atom. The molecule has 9 heteroatoms. The predicted octanol–water partition coefficient (Wildman–Crippen LogP) is 3.99. The van der Waals surface area contributed by atoms with Gasteiger partial charge in [0.05, 0.1) is 12.3 Å². The molecule has 0 fully saturated rings. The Balaban J connectivity index is 1.88. The number of benzene rings is 2. The zero-order chi connectivity index (χ0) is 21.7. The molecule has 1 atom stereocenters. The Kier molecular flexibility index (Phi) is 7.46. The van der Waals surface area contributed by atoms with Gasteiger partial charge in [-0.05, 0) is 41.9 Å². The highest BCUT2D eigenvalue weighted by atomic mass is 35.5. The van der Waals surface area contributed by atoms with Crippen LogP contribution >= 0.6 is 23.8 Å². The van der Waals surface area contributed by atoms with Gasteiger partial charge in [-0.1, -0.05) is 67.9 Å². The summed E-state index contributed by atoms with van der Waals surface area (Å²) in [7, 11) is -3.73. The van der Waals surface area contributed by atoms with Crippen molar-refractivity contribution in [2.45, 2.75) is 26.2 Å². The summed E-state index contributed by atoms with van der Waals surface area (Å²) in [5.74, 6) is -0.0484. The average molecular weight is 465 g/mol. The molecule has 0 saturated carbocycles. The van der Waals surface area contributed by atoms with Crippen molar-refractivity contribution in [3.05, 3.63) is 70.7 Å². The van der Waals surface area contributed by atoms with Gasteiger partial charge in [0, 0.05) is 24.0 Å². The number of thiocarbonyl (C=S) groups is 1. The first-order chi connectivity index (χ1) is 14.4. The van der Waals surface area contributed by atoms with Crippen molar-refractivity contribution in [2.75, 3.05) is 19.6 Å². The Bertz CT molecular complexity index is 1010. The molecule has 160 valence electrons. The van der Waals surface area contributed by atoms with Gasteiger partial charge in [-0.15, -0.1) is 0 Å². The number of hydrogen-bond acceptors (Lipinski definition) is 4. The van der Waals surface area contributed by atoms with Crippen LogP contribution in [0.1, 0.15) is 37.3 Å². The third-order valence-electron chi connectivity index (χ3n) is 4.87. The third-order valence-corrected chi connectivity index (χ3v) is 7.14. The van der Waals surface area contributed by atoms with Crippen LogP contribution in [0, 0.1) is 0 Å². The number of halogens is 1. The maximum Gasteiger partial charge on any atom is 0.303 e. The van der Waals surface area contributed by atoms with Gasteiger partial charge in [-0.3, -0.25) is 0 Å². The summed E-state index contributed by atoms with van der Waals surface area (Å²) in [6, 6.07) is 17.4. The minimum absolute atomic E-state index is 0.0484. The van der Waals surface area contributed by atoms with Crippen molar-refractivity contribution in [1.82, 2.24) is 14.0 Å². The smallest absolute Gasteiger partial charge is 0.245 e. The summed E-state index contributed by atoms with van der Waals surface area (Å²) in [6.07, 6.45) is 0.722. The van der Waals surface area contributed by atoms with E-state index in [-0.39, 0.29) is 11.0 Å². The van der Waals surface area contributed by atoms with Crippen molar-refractivity contribution >= 4 is 44.9 Å². The number of hydrogen-bond donors (Lipinski definition) is 1. The number of rotatable bonds is 7. The zero-order valence-corrected chi connectivity index (χ0v) is 19.3. The van der Waals surface area contributed by atoms with E-state index in [1.807, 2.05) is 61.5 Å². The van der Waals surface area contributed by atoms with E-state index in [2.05, 4.69) is 9.82 Å². The fourth-order valence-corrected chi connectivity index (χ4v) is 5.16. The van der Waals surface area contributed by atoms with Crippen LogP contribution in [0.25, 0.3) is 0 Å². The molecule has 2 aromatic carbocycles. The van der Waals surface area contributed by atoms with Crippen molar-refractivity contribution in [2.24, 2.45) is 5.10 Å². The summed E-state index contributed by atoms with van der Waals surface area (Å²) in [4.78, 5) is 0. The molecule has 3 rings (SSSR count). The van der Waals surface area contributed by atoms with E-state index in [0.717, 1.165) is 23.3 Å². The van der Waals surface area contributed by atoms with E-state index in [0.29, 0.717) is 24.7 Å². The lowest BCUT2D eigenvalue weighted by atomic mass is 9.91. The quantitative estimate of drug-likeness (QED) is 0.629. The Labute approximate surface area is 188 Å². The van der Waals surface area contributed by atoms with E-state index in [1.165, 1.54) is 4.31 Å². The van der Waals surface area contributed by atoms with Crippen molar-refractivity contribution < 1.29 is 8.42 Å². The molecule has 6 nitrogen and oxygen atoms in total. The summed E-state index contributed by atoms with van der Waals surface area (Å²) < 4.78 is 29.3. The monoisotopic (exact) mass is 464 g/mol. The van der Waals surface area contributed by atoms with E-state index in [1.54, 1.807) is 11.9 Å². The normalized spacial score (nSPS) is 16.6. The van der Waals surface area contributed by atoms with Crippen LogP contribution in [-0.4, -0.2) is 48.2 Å². The van der Waals surface area contributed by atoms with E-state index >= 15 is 0 Å². The SMILES string of the molecule is CCCN(CC)S(=O)(=O)NC(=S)N1CC(c2ccccc2)C(c2ccc(Cl)cc2)=N1. The summed E-state index contributed by atoms with van der Waals surface area (Å²) in [5, 5.41) is 6.94. The Morgan fingerprint density at radius 2 is 1.87 bits per heavy atom. The molecule has 0 spiro atoms. The van der Waals surface area contributed by atoms with Gasteiger partial charge in [-0.2, -0.15) is 17.8 Å². The van der Waals surface area contributed by atoms with Gasteiger partial charge in [0.25, 0.3) is 0 Å². The Hall–Kier alpha value is -2.00. The molecule has 0 bridgehead atoms. The third kappa shape index (κ3) is 5.18. The minimum Gasteiger partial charge on any atom is -0.245 e. The fraction of sp³-hybridized carbons (Fsp3) is 0.333. The van der Waals surface area contributed by atoms with Gasteiger partial charge in [-0.25, -0.2) is 9.73 Å². The lowest BCUT2D eigenvalue weighted by molar-refractivity contribution is 0.418. The molecule has 1 heterocycles. The number of nitrogens with zero attached hydrogens (tertiary/aromatic N) is 3. The summed E-state index contributed by atoms with van der Waals surface area (Å²) in [5.41, 5.74) is 2.82.